The zero-order chi connectivity index (χ0) is 19.3. The van der Waals surface area contributed by atoms with Gasteiger partial charge in [0.1, 0.15) is 0 Å². The largest absolute Gasteiger partial charge is 0.347 e. The van der Waals surface area contributed by atoms with Gasteiger partial charge in [0.05, 0.1) is 0 Å². The van der Waals surface area contributed by atoms with E-state index in [1.165, 1.54) is 43.3 Å². The molecule has 3 fully saturated rings. The molecule has 3 atom stereocenters. The number of likely N-dealkylation sites (tertiary alicyclic amines) is 1. The molecule has 3 aliphatic rings. The zero-order valence-corrected chi connectivity index (χ0v) is 17.1. The van der Waals surface area contributed by atoms with Gasteiger partial charge in [-0.1, -0.05) is 20.3 Å². The zero-order valence-electron chi connectivity index (χ0n) is 17.1. The molecule has 0 bridgehead atoms. The number of amides is 2. The average molecular weight is 381 g/mol. The maximum absolute atomic E-state index is 12.9. The number of fused-ring (bicyclic) bond motifs is 4. The molecule has 2 aromatic rings. The Labute approximate surface area is 167 Å². The Bertz CT molecular complexity index is 873. The number of carbonyl (C=O) groups is 1. The highest BCUT2D eigenvalue weighted by molar-refractivity contribution is 5.93. The molecule has 0 spiro atoms. The third-order valence-electron chi connectivity index (χ3n) is 6.99. The lowest BCUT2D eigenvalue weighted by Crippen LogP contribution is -2.41. The van der Waals surface area contributed by atoms with E-state index >= 15 is 0 Å². The molecule has 1 N–H and O–H groups in total. The second kappa shape index (κ2) is 7.11. The fraction of sp³-hybridized carbons (Fsp3) is 0.609. The lowest BCUT2D eigenvalue weighted by Gasteiger charge is -2.33. The van der Waals surface area contributed by atoms with Gasteiger partial charge in [-0.2, -0.15) is 0 Å². The van der Waals surface area contributed by atoms with Crippen LogP contribution in [0, 0.1) is 17.8 Å². The van der Waals surface area contributed by atoms with Crippen LogP contribution in [0.5, 0.6) is 0 Å². The first-order valence-electron chi connectivity index (χ1n) is 11.0. The number of piperidine rings is 1. The molecule has 5 rings (SSSR count). The van der Waals surface area contributed by atoms with E-state index < -0.39 is 0 Å². The van der Waals surface area contributed by atoms with Crippen molar-refractivity contribution < 1.29 is 4.79 Å². The molecule has 2 amide bonds. The van der Waals surface area contributed by atoms with E-state index in [-0.39, 0.29) is 6.03 Å². The summed E-state index contributed by atoms with van der Waals surface area (Å²) in [5, 5.41) is 4.34. The number of benzene rings is 1. The molecule has 4 heterocycles. The third-order valence-corrected chi connectivity index (χ3v) is 6.99. The van der Waals surface area contributed by atoms with E-state index in [2.05, 4.69) is 57.9 Å². The van der Waals surface area contributed by atoms with Gasteiger partial charge < -0.3 is 14.8 Å². The van der Waals surface area contributed by atoms with Crippen LogP contribution in [0.25, 0.3) is 10.9 Å². The van der Waals surface area contributed by atoms with E-state index in [0.29, 0.717) is 23.8 Å². The molecule has 5 nitrogen and oxygen atoms in total. The molecule has 0 radical (unpaired) electrons. The first-order valence-corrected chi connectivity index (χ1v) is 11.0. The molecular weight excluding hydrogens is 348 g/mol. The first kappa shape index (κ1) is 18.0. The number of carbonyl (C=O) groups excluding carboxylic acids is 1. The lowest BCUT2D eigenvalue weighted by molar-refractivity contribution is 0.157. The highest BCUT2D eigenvalue weighted by Gasteiger charge is 2.48. The molecular formula is C23H32N4O. The fourth-order valence-corrected chi connectivity index (χ4v) is 5.75. The van der Waals surface area contributed by atoms with Crippen molar-refractivity contribution in [2.24, 2.45) is 17.8 Å². The first-order chi connectivity index (χ1) is 13.6. The van der Waals surface area contributed by atoms with Crippen LogP contribution in [0.3, 0.4) is 0 Å². The molecule has 5 heteroatoms. The monoisotopic (exact) mass is 380 g/mol. The molecule has 3 aliphatic heterocycles. The maximum atomic E-state index is 12.9. The number of hydrogen-bond acceptors (Lipinski definition) is 2. The minimum absolute atomic E-state index is 0.0673. The molecule has 1 aromatic carbocycles. The molecule has 150 valence electrons. The van der Waals surface area contributed by atoms with Crippen LogP contribution in [0.4, 0.5) is 10.5 Å². The van der Waals surface area contributed by atoms with Gasteiger partial charge in [-0.15, -0.1) is 0 Å². The lowest BCUT2D eigenvalue weighted by atomic mass is 9.90. The van der Waals surface area contributed by atoms with Crippen LogP contribution in [0.15, 0.2) is 30.5 Å². The quantitative estimate of drug-likeness (QED) is 0.865. The fourth-order valence-electron chi connectivity index (χ4n) is 5.75. The van der Waals surface area contributed by atoms with Gasteiger partial charge >= 0.3 is 6.03 Å². The smallest absolute Gasteiger partial charge is 0.321 e. The van der Waals surface area contributed by atoms with Crippen molar-refractivity contribution >= 4 is 22.6 Å². The standard InChI is InChI=1S/C23H32N4O/c1-16(2)12-26-10-8-17-11-19(6-7-21(17)26)24-23(28)27-14-18-13-25-9-4-3-5-22(25)20(18)15-27/h6-8,10-11,16,18,20,22H,3-5,9,12-15H2,1-2H3,(H,24,28). The highest BCUT2D eigenvalue weighted by Crippen LogP contribution is 2.40. The molecule has 0 saturated carbocycles. The van der Waals surface area contributed by atoms with Crippen LogP contribution in [0.1, 0.15) is 33.1 Å². The summed E-state index contributed by atoms with van der Waals surface area (Å²) >= 11 is 0. The van der Waals surface area contributed by atoms with E-state index in [1.807, 2.05) is 6.07 Å². The van der Waals surface area contributed by atoms with Gasteiger partial charge in [-0.05, 0) is 61.4 Å². The van der Waals surface area contributed by atoms with E-state index in [9.17, 15) is 4.79 Å². The summed E-state index contributed by atoms with van der Waals surface area (Å²) in [4.78, 5) is 17.6. The maximum Gasteiger partial charge on any atom is 0.321 e. The van der Waals surface area contributed by atoms with Crippen LogP contribution >= 0.6 is 0 Å². The number of aromatic nitrogens is 1. The molecule has 0 aliphatic carbocycles. The predicted octanol–water partition coefficient (Wildman–Crippen LogP) is 4.25. The number of urea groups is 1. The molecule has 3 unspecified atom stereocenters. The Morgan fingerprint density at radius 3 is 2.93 bits per heavy atom. The Morgan fingerprint density at radius 2 is 2.07 bits per heavy atom. The summed E-state index contributed by atoms with van der Waals surface area (Å²) in [7, 11) is 0. The average Bonchev–Trinajstić information content (AvgIpc) is 3.34. The van der Waals surface area contributed by atoms with Gasteiger partial charge in [0.2, 0.25) is 0 Å². The van der Waals surface area contributed by atoms with Crippen molar-refractivity contribution in [1.82, 2.24) is 14.4 Å². The minimum Gasteiger partial charge on any atom is -0.347 e. The number of rotatable bonds is 3. The van der Waals surface area contributed by atoms with Crippen LogP contribution < -0.4 is 5.32 Å². The number of anilines is 1. The summed E-state index contributed by atoms with van der Waals surface area (Å²) < 4.78 is 2.29. The van der Waals surface area contributed by atoms with Gasteiger partial charge in [-0.3, -0.25) is 4.90 Å². The third kappa shape index (κ3) is 3.20. The summed E-state index contributed by atoms with van der Waals surface area (Å²) in [6, 6.07) is 9.20. The predicted molar refractivity (Wildman–Crippen MR) is 114 cm³/mol. The number of nitrogens with one attached hydrogen (secondary N) is 1. The van der Waals surface area contributed by atoms with Crippen molar-refractivity contribution in [2.45, 2.75) is 45.7 Å². The van der Waals surface area contributed by atoms with Crippen molar-refractivity contribution in [3.8, 4) is 0 Å². The van der Waals surface area contributed by atoms with Crippen molar-refractivity contribution in [3.63, 3.8) is 0 Å². The molecule has 3 saturated heterocycles. The van der Waals surface area contributed by atoms with Crippen molar-refractivity contribution in [1.29, 1.82) is 0 Å². The summed E-state index contributed by atoms with van der Waals surface area (Å²) in [6.07, 6.45) is 6.17. The van der Waals surface area contributed by atoms with E-state index in [4.69, 9.17) is 0 Å². The van der Waals surface area contributed by atoms with Crippen LogP contribution in [-0.4, -0.2) is 52.6 Å². The van der Waals surface area contributed by atoms with Gasteiger partial charge in [0, 0.05) is 55.0 Å². The van der Waals surface area contributed by atoms with Crippen LogP contribution in [0.2, 0.25) is 0 Å². The van der Waals surface area contributed by atoms with Crippen molar-refractivity contribution in [2.75, 3.05) is 31.5 Å². The van der Waals surface area contributed by atoms with Gasteiger partial charge in [-0.25, -0.2) is 4.79 Å². The minimum atomic E-state index is 0.0673. The topological polar surface area (TPSA) is 40.5 Å². The second-order valence-electron chi connectivity index (χ2n) is 9.45. The summed E-state index contributed by atoms with van der Waals surface area (Å²) in [5.74, 6) is 1.96. The Balaban J connectivity index is 1.25. The SMILES string of the molecule is CC(C)Cn1ccc2cc(NC(=O)N3CC4CN5CCCCC5C4C3)ccc21. The van der Waals surface area contributed by atoms with Gasteiger partial charge in [0.25, 0.3) is 0 Å². The second-order valence-corrected chi connectivity index (χ2v) is 9.45. The van der Waals surface area contributed by atoms with Crippen LogP contribution in [-0.2, 0) is 6.54 Å². The van der Waals surface area contributed by atoms with E-state index in [0.717, 1.165) is 25.3 Å². The Morgan fingerprint density at radius 1 is 1.18 bits per heavy atom. The Kier molecular flexibility index (Phi) is 4.58. The number of nitrogens with zero attached hydrogens (tertiary/aromatic N) is 3. The molecule has 28 heavy (non-hydrogen) atoms. The summed E-state index contributed by atoms with van der Waals surface area (Å²) in [5.41, 5.74) is 2.14. The normalized spacial score (nSPS) is 27.4. The number of hydrogen-bond donors (Lipinski definition) is 1. The van der Waals surface area contributed by atoms with Crippen molar-refractivity contribution in [3.05, 3.63) is 30.5 Å². The highest BCUT2D eigenvalue weighted by atomic mass is 16.2. The summed E-state index contributed by atoms with van der Waals surface area (Å²) in [6.45, 7) is 9.77. The Hall–Kier alpha value is -2.01. The van der Waals surface area contributed by atoms with E-state index in [1.54, 1.807) is 0 Å². The molecule has 1 aromatic heterocycles. The van der Waals surface area contributed by atoms with Gasteiger partial charge in [0.15, 0.2) is 0 Å².